The van der Waals surface area contributed by atoms with E-state index in [9.17, 15) is 0 Å². The Kier molecular flexibility index (Phi) is 9.48. The molecule has 10 aromatic carbocycles. The van der Waals surface area contributed by atoms with Crippen LogP contribution in [0.2, 0.25) is 0 Å². The van der Waals surface area contributed by atoms with E-state index in [1.807, 2.05) is 24.7 Å². The zero-order valence-electron chi connectivity index (χ0n) is 39.9. The average molecular weight is 922 g/mol. The highest BCUT2D eigenvalue weighted by molar-refractivity contribution is 6.26. The Morgan fingerprint density at radius 3 is 1.58 bits per heavy atom. The highest BCUT2D eigenvalue weighted by Gasteiger charge is 2.36. The molecule has 1 aliphatic rings. The van der Waals surface area contributed by atoms with Gasteiger partial charge in [0.1, 0.15) is 0 Å². The van der Waals surface area contributed by atoms with Crippen molar-refractivity contribution in [1.29, 1.82) is 0 Å². The number of benzene rings is 10. The van der Waals surface area contributed by atoms with E-state index < -0.39 is 0 Å². The highest BCUT2D eigenvalue weighted by atomic mass is 15.2. The van der Waals surface area contributed by atoms with Crippen LogP contribution >= 0.6 is 0 Å². The molecule has 0 amide bonds. The van der Waals surface area contributed by atoms with Crippen molar-refractivity contribution in [2.75, 3.05) is 9.80 Å². The van der Waals surface area contributed by atoms with E-state index in [0.717, 1.165) is 61.7 Å². The SMILES string of the molecule is CC1(C)c2ccccc2N(c2ccc3c(c2)c2ccc(N(c4ccccc4)c4ccccc4)cc2n3-c2ccc3c4ccc(-c5cncc(-c6cccnc6)c5)cc4c4ccccc4c3c2)c2ccccc21. The zero-order valence-corrected chi connectivity index (χ0v) is 39.9. The van der Waals surface area contributed by atoms with Crippen LogP contribution in [0, 0.1) is 0 Å². The molecule has 0 saturated heterocycles. The molecule has 0 N–H and O–H groups in total. The van der Waals surface area contributed by atoms with Gasteiger partial charge in [-0.3, -0.25) is 9.97 Å². The average Bonchev–Trinajstić information content (AvgIpc) is 3.77. The molecule has 13 aromatic rings. The van der Waals surface area contributed by atoms with Crippen molar-refractivity contribution in [3.8, 4) is 27.9 Å². The quantitative estimate of drug-likeness (QED) is 0.149. The Hall–Kier alpha value is -9.32. The molecule has 0 fully saturated rings. The summed E-state index contributed by atoms with van der Waals surface area (Å²) >= 11 is 0. The second-order valence-corrected chi connectivity index (χ2v) is 19.5. The molecule has 5 heteroatoms. The molecule has 72 heavy (non-hydrogen) atoms. The van der Waals surface area contributed by atoms with Gasteiger partial charge in [0.25, 0.3) is 0 Å². The van der Waals surface area contributed by atoms with Crippen molar-refractivity contribution in [3.63, 3.8) is 0 Å². The van der Waals surface area contributed by atoms with Gasteiger partial charge in [0.05, 0.1) is 22.4 Å². The third-order valence-electron chi connectivity index (χ3n) is 15.1. The Morgan fingerprint density at radius 1 is 0.347 bits per heavy atom. The van der Waals surface area contributed by atoms with Gasteiger partial charge < -0.3 is 14.4 Å². The number of rotatable bonds is 7. The molecular weight excluding hydrogens is 875 g/mol. The second-order valence-electron chi connectivity index (χ2n) is 19.5. The Balaban J connectivity index is 0.988. The predicted molar refractivity (Wildman–Crippen MR) is 301 cm³/mol. The Morgan fingerprint density at radius 2 is 0.903 bits per heavy atom. The molecule has 0 atom stereocenters. The summed E-state index contributed by atoms with van der Waals surface area (Å²) in [5, 5.41) is 9.68. The summed E-state index contributed by atoms with van der Waals surface area (Å²) in [7, 11) is 0. The summed E-state index contributed by atoms with van der Waals surface area (Å²) in [5.41, 5.74) is 17.0. The number of para-hydroxylation sites is 4. The van der Waals surface area contributed by atoms with Gasteiger partial charge in [-0.2, -0.15) is 0 Å². The molecular formula is C67H47N5. The summed E-state index contributed by atoms with van der Waals surface area (Å²) in [6.45, 7) is 4.69. The molecule has 1 aliphatic heterocycles. The van der Waals surface area contributed by atoms with Crippen LogP contribution < -0.4 is 9.80 Å². The second kappa shape index (κ2) is 16.4. The number of pyridine rings is 2. The van der Waals surface area contributed by atoms with Crippen molar-refractivity contribution in [2.45, 2.75) is 19.3 Å². The van der Waals surface area contributed by atoms with Gasteiger partial charge in [-0.05, 0) is 146 Å². The normalized spacial score (nSPS) is 12.9. The minimum absolute atomic E-state index is 0.151. The zero-order chi connectivity index (χ0) is 47.9. The van der Waals surface area contributed by atoms with Crippen molar-refractivity contribution in [1.82, 2.24) is 14.5 Å². The number of hydrogen-bond acceptors (Lipinski definition) is 4. The first kappa shape index (κ1) is 41.6. The lowest BCUT2D eigenvalue weighted by molar-refractivity contribution is 0.632. The minimum atomic E-state index is -0.151. The maximum absolute atomic E-state index is 4.67. The van der Waals surface area contributed by atoms with Gasteiger partial charge in [0, 0.05) is 86.1 Å². The van der Waals surface area contributed by atoms with Crippen LogP contribution in [0.1, 0.15) is 25.0 Å². The molecule has 0 saturated carbocycles. The smallest absolute Gasteiger partial charge is 0.0561 e. The Labute approximate surface area is 418 Å². The number of hydrogen-bond donors (Lipinski definition) is 0. The fourth-order valence-electron chi connectivity index (χ4n) is 11.7. The maximum atomic E-state index is 4.67. The molecule has 0 unspecified atom stereocenters. The summed E-state index contributed by atoms with van der Waals surface area (Å²) in [6.07, 6.45) is 7.57. The topological polar surface area (TPSA) is 37.2 Å². The third-order valence-corrected chi connectivity index (χ3v) is 15.1. The lowest BCUT2D eigenvalue weighted by atomic mass is 9.73. The molecule has 14 rings (SSSR count). The van der Waals surface area contributed by atoms with Gasteiger partial charge >= 0.3 is 0 Å². The molecule has 3 aromatic heterocycles. The third kappa shape index (κ3) is 6.55. The van der Waals surface area contributed by atoms with E-state index in [1.54, 1.807) is 6.20 Å². The van der Waals surface area contributed by atoms with Crippen LogP contribution in [-0.4, -0.2) is 14.5 Å². The fourth-order valence-corrected chi connectivity index (χ4v) is 11.7. The van der Waals surface area contributed by atoms with Crippen molar-refractivity contribution in [2.24, 2.45) is 0 Å². The van der Waals surface area contributed by atoms with Gasteiger partial charge in [-0.15, -0.1) is 0 Å². The van der Waals surface area contributed by atoms with E-state index >= 15 is 0 Å². The number of anilines is 6. The van der Waals surface area contributed by atoms with Gasteiger partial charge in [-0.25, -0.2) is 0 Å². The van der Waals surface area contributed by atoms with Crippen molar-refractivity contribution < 1.29 is 0 Å². The fraction of sp³-hybridized carbons (Fsp3) is 0.0448. The van der Waals surface area contributed by atoms with Gasteiger partial charge in [0.15, 0.2) is 0 Å². The molecule has 0 bridgehead atoms. The number of fused-ring (bicyclic) bond motifs is 11. The van der Waals surface area contributed by atoms with E-state index in [2.05, 4.69) is 257 Å². The summed E-state index contributed by atoms with van der Waals surface area (Å²) < 4.78 is 2.48. The first-order valence-corrected chi connectivity index (χ1v) is 24.7. The lowest BCUT2D eigenvalue weighted by Crippen LogP contribution is -2.30. The number of aromatic nitrogens is 3. The Bertz CT molecular complexity index is 4150. The van der Waals surface area contributed by atoms with Crippen LogP contribution in [0.3, 0.4) is 0 Å². The highest BCUT2D eigenvalue weighted by Crippen LogP contribution is 2.53. The van der Waals surface area contributed by atoms with Gasteiger partial charge in [-0.1, -0.05) is 141 Å². The molecule has 4 heterocycles. The molecule has 0 radical (unpaired) electrons. The molecule has 5 nitrogen and oxygen atoms in total. The lowest BCUT2D eigenvalue weighted by Gasteiger charge is -2.42. The maximum Gasteiger partial charge on any atom is 0.0561 e. The van der Waals surface area contributed by atoms with E-state index in [0.29, 0.717) is 0 Å². The molecule has 0 aliphatic carbocycles. The first-order valence-electron chi connectivity index (χ1n) is 24.7. The first-order chi connectivity index (χ1) is 35.5. The van der Waals surface area contributed by atoms with Crippen LogP contribution in [0.15, 0.2) is 249 Å². The largest absolute Gasteiger partial charge is 0.310 e. The summed E-state index contributed by atoms with van der Waals surface area (Å²) in [4.78, 5) is 13.8. The van der Waals surface area contributed by atoms with Gasteiger partial charge in [0.2, 0.25) is 0 Å². The molecule has 0 spiro atoms. The van der Waals surface area contributed by atoms with Crippen LogP contribution in [0.5, 0.6) is 0 Å². The predicted octanol–water partition coefficient (Wildman–Crippen LogP) is 17.9. The molecule has 340 valence electrons. The monoisotopic (exact) mass is 921 g/mol. The summed E-state index contributed by atoms with van der Waals surface area (Å²) in [5.74, 6) is 0. The van der Waals surface area contributed by atoms with Crippen LogP contribution in [-0.2, 0) is 5.41 Å². The van der Waals surface area contributed by atoms with Crippen LogP contribution in [0.4, 0.5) is 34.1 Å². The van der Waals surface area contributed by atoms with E-state index in [1.165, 1.54) is 65.6 Å². The van der Waals surface area contributed by atoms with Crippen molar-refractivity contribution >= 4 is 88.2 Å². The van der Waals surface area contributed by atoms with Crippen molar-refractivity contribution in [3.05, 3.63) is 260 Å². The number of nitrogens with zero attached hydrogens (tertiary/aromatic N) is 5. The van der Waals surface area contributed by atoms with E-state index in [4.69, 9.17) is 0 Å². The standard InChI is InChI=1S/C67H47N5/c1-67(2)61-23-11-13-25-64(61)72(65-26-14-12-24-62(65)67)51-30-34-63-60(39-51)57-33-29-52(70(48-17-5-3-6-18-48)49-19-7-4-8-20-49)40-66(57)71(63)50-28-32-56-55-31-27-44(37-58(55)53-21-9-10-22-54(53)59(56)38-50)46-36-47(43-69-42-46)45-16-15-35-68-41-45/h3-43H,1-2H3. The minimum Gasteiger partial charge on any atom is -0.310 e. The van der Waals surface area contributed by atoms with E-state index in [-0.39, 0.29) is 5.41 Å². The summed E-state index contributed by atoms with van der Waals surface area (Å²) in [6, 6.07) is 82.3. The van der Waals surface area contributed by atoms with Crippen LogP contribution in [0.25, 0.3) is 82.1 Å².